The van der Waals surface area contributed by atoms with Crippen LogP contribution in [0.5, 0.6) is 11.5 Å². The van der Waals surface area contributed by atoms with Crippen molar-refractivity contribution in [2.24, 2.45) is 0 Å². The van der Waals surface area contributed by atoms with Crippen LogP contribution in [0, 0.1) is 0 Å². The lowest BCUT2D eigenvalue weighted by molar-refractivity contribution is 0.237. The summed E-state index contributed by atoms with van der Waals surface area (Å²) in [5.74, 6) is 1.39. The predicted octanol–water partition coefficient (Wildman–Crippen LogP) is 12.4. The van der Waals surface area contributed by atoms with Gasteiger partial charge in [0.1, 0.15) is 22.7 Å². The van der Waals surface area contributed by atoms with Gasteiger partial charge in [-0.25, -0.2) is 9.59 Å². The van der Waals surface area contributed by atoms with Crippen LogP contribution in [0.2, 0.25) is 25.2 Å². The molecule has 11 heteroatoms. The van der Waals surface area contributed by atoms with Crippen molar-refractivity contribution >= 4 is 39.1 Å². The van der Waals surface area contributed by atoms with E-state index in [9.17, 15) is 9.59 Å². The highest BCUT2D eigenvalue weighted by Crippen LogP contribution is 2.29. The SMILES string of the molecule is CCc1ccc(-c2cc3ccc(OCCCCCC[Si](C)(OC)O[Si](C)(CCCCCCOc4ccc5cc(-c6ccc(CC)cc6)c(=O)oc5c4)OC)cc3oc2=O)cc1. The number of fused-ring (bicyclic) bond motifs is 2. The van der Waals surface area contributed by atoms with E-state index in [2.05, 4.69) is 26.9 Å². The van der Waals surface area contributed by atoms with E-state index in [0.29, 0.717) is 47.0 Å². The number of unbranched alkanes of at least 4 members (excludes halogenated alkanes) is 6. The Hall–Kier alpha value is -4.79. The molecule has 0 aliphatic heterocycles. The Morgan fingerprint density at radius 3 is 1.26 bits per heavy atom. The van der Waals surface area contributed by atoms with E-state index >= 15 is 0 Å². The van der Waals surface area contributed by atoms with Gasteiger partial charge in [0.2, 0.25) is 0 Å². The fourth-order valence-electron chi connectivity index (χ4n) is 7.63. The lowest BCUT2D eigenvalue weighted by atomic mass is 10.0. The minimum atomic E-state index is -2.41. The summed E-state index contributed by atoms with van der Waals surface area (Å²) in [6.07, 6.45) is 9.98. The minimum absolute atomic E-state index is 0.350. The highest BCUT2D eigenvalue weighted by Gasteiger charge is 2.41. The van der Waals surface area contributed by atoms with Crippen molar-refractivity contribution < 1.29 is 31.3 Å². The molecular weight excluding hydrogens is 801 g/mol. The molecule has 61 heavy (non-hydrogen) atoms. The van der Waals surface area contributed by atoms with E-state index in [-0.39, 0.29) is 11.3 Å². The van der Waals surface area contributed by atoms with E-state index in [1.165, 1.54) is 11.1 Å². The predicted molar refractivity (Wildman–Crippen MR) is 250 cm³/mol. The van der Waals surface area contributed by atoms with E-state index in [1.807, 2.05) is 84.9 Å². The second kappa shape index (κ2) is 21.8. The molecule has 0 aliphatic rings. The third-order valence-electron chi connectivity index (χ3n) is 11.6. The van der Waals surface area contributed by atoms with Crippen molar-refractivity contribution in [3.63, 3.8) is 0 Å². The first-order chi connectivity index (χ1) is 29.5. The molecule has 0 radical (unpaired) electrons. The summed E-state index contributed by atoms with van der Waals surface area (Å²) < 4.78 is 42.4. The fourth-order valence-corrected chi connectivity index (χ4v) is 15.0. The van der Waals surface area contributed by atoms with Gasteiger partial charge in [-0.3, -0.25) is 0 Å². The monoisotopic (exact) mass is 862 g/mol. The molecule has 0 fully saturated rings. The first-order valence-corrected chi connectivity index (χ1v) is 27.0. The maximum Gasteiger partial charge on any atom is 0.344 e. The van der Waals surface area contributed by atoms with Crippen molar-refractivity contribution in [3.05, 3.63) is 129 Å². The van der Waals surface area contributed by atoms with Crippen molar-refractivity contribution in [2.45, 2.75) is 103 Å². The van der Waals surface area contributed by atoms with E-state index in [0.717, 1.165) is 98.2 Å². The van der Waals surface area contributed by atoms with Crippen LogP contribution in [0.25, 0.3) is 44.2 Å². The van der Waals surface area contributed by atoms with Crippen molar-refractivity contribution in [1.29, 1.82) is 0 Å². The number of benzene rings is 4. The average Bonchev–Trinajstić information content (AvgIpc) is 3.28. The van der Waals surface area contributed by atoms with Crippen LogP contribution in [-0.2, 0) is 25.8 Å². The Balaban J connectivity index is 0.860. The summed E-state index contributed by atoms with van der Waals surface area (Å²) >= 11 is 0. The van der Waals surface area contributed by atoms with Gasteiger partial charge < -0.3 is 31.3 Å². The first-order valence-electron chi connectivity index (χ1n) is 21.9. The van der Waals surface area contributed by atoms with Crippen LogP contribution >= 0.6 is 0 Å². The zero-order chi connectivity index (χ0) is 43.2. The molecule has 9 nitrogen and oxygen atoms in total. The van der Waals surface area contributed by atoms with Crippen LogP contribution in [0.1, 0.15) is 76.3 Å². The molecule has 324 valence electrons. The highest BCUT2D eigenvalue weighted by molar-refractivity contribution is 6.80. The van der Waals surface area contributed by atoms with Crippen molar-refractivity contribution in [3.8, 4) is 33.8 Å². The maximum absolute atomic E-state index is 12.8. The van der Waals surface area contributed by atoms with Gasteiger partial charge in [-0.1, -0.05) is 101 Å². The van der Waals surface area contributed by atoms with E-state index in [4.69, 9.17) is 31.3 Å². The summed E-state index contributed by atoms with van der Waals surface area (Å²) in [6.45, 7) is 9.71. The smallest absolute Gasteiger partial charge is 0.344 e. The fraction of sp³-hybridized carbons (Fsp3) is 0.400. The van der Waals surface area contributed by atoms with Crippen LogP contribution in [-0.4, -0.2) is 44.6 Å². The molecule has 4 aromatic carbocycles. The van der Waals surface area contributed by atoms with Crippen LogP contribution in [0.4, 0.5) is 0 Å². The number of aryl methyl sites for hydroxylation is 2. The molecule has 0 amide bonds. The molecule has 2 aromatic heterocycles. The summed E-state index contributed by atoms with van der Waals surface area (Å²) in [6, 6.07) is 33.1. The van der Waals surface area contributed by atoms with Gasteiger partial charge in [-0.2, -0.15) is 0 Å². The molecular formula is C50H62O9Si2. The molecule has 0 saturated carbocycles. The zero-order valence-electron chi connectivity index (χ0n) is 36.8. The summed E-state index contributed by atoms with van der Waals surface area (Å²) in [4.78, 5) is 25.6. The average molecular weight is 863 g/mol. The molecule has 0 N–H and O–H groups in total. The van der Waals surface area contributed by atoms with Crippen LogP contribution in [0.3, 0.4) is 0 Å². The zero-order valence-corrected chi connectivity index (χ0v) is 38.8. The second-order valence-corrected chi connectivity index (χ2v) is 23.4. The molecule has 0 saturated heterocycles. The molecule has 0 aliphatic carbocycles. The quantitative estimate of drug-likeness (QED) is 0.0334. The highest BCUT2D eigenvalue weighted by atomic mass is 28.5. The van der Waals surface area contributed by atoms with Gasteiger partial charge in [-0.05, 0) is 110 Å². The Kier molecular flexibility index (Phi) is 16.4. The Morgan fingerprint density at radius 1 is 0.492 bits per heavy atom. The van der Waals surface area contributed by atoms with Crippen molar-refractivity contribution in [1.82, 2.24) is 0 Å². The largest absolute Gasteiger partial charge is 0.493 e. The maximum atomic E-state index is 12.8. The van der Waals surface area contributed by atoms with Gasteiger partial charge in [0.05, 0.1) is 24.3 Å². The Bertz CT molecular complexity index is 2270. The topological polar surface area (TPSA) is 107 Å². The summed E-state index contributed by atoms with van der Waals surface area (Å²) in [5, 5.41) is 1.73. The van der Waals surface area contributed by atoms with Gasteiger partial charge in [0, 0.05) is 37.1 Å². The van der Waals surface area contributed by atoms with E-state index < -0.39 is 17.1 Å². The summed E-state index contributed by atoms with van der Waals surface area (Å²) in [5.41, 5.74) is 5.65. The van der Waals surface area contributed by atoms with Gasteiger partial charge in [0.15, 0.2) is 0 Å². The molecule has 0 bridgehead atoms. The Labute approximate surface area is 362 Å². The van der Waals surface area contributed by atoms with Crippen LogP contribution in [0.15, 0.2) is 115 Å². The summed E-state index contributed by atoms with van der Waals surface area (Å²) in [7, 11) is -1.27. The normalized spacial score (nSPS) is 13.6. The molecule has 2 unspecified atom stereocenters. The number of hydrogen-bond donors (Lipinski definition) is 0. The lowest BCUT2D eigenvalue weighted by Gasteiger charge is -2.35. The lowest BCUT2D eigenvalue weighted by Crippen LogP contribution is -2.51. The standard InChI is InChI=1S/C50H62O9Si2/c1-7-37-17-21-39(22-18-37)45-33-41-25-27-43(35-47(41)57-49(45)51)55-29-13-9-11-15-31-60(5,53-3)59-61(6,54-4)32-16-12-10-14-30-56-44-28-26-42-34-46(50(52)58-48(42)36-44)40-23-19-38(8-2)20-24-40/h17-28,33-36H,7-16,29-32H2,1-6H3. The van der Waals surface area contributed by atoms with Crippen molar-refractivity contribution in [2.75, 3.05) is 27.4 Å². The molecule has 0 spiro atoms. The molecule has 2 heterocycles. The molecule has 6 rings (SSSR count). The molecule has 6 aromatic rings. The third kappa shape index (κ3) is 12.6. The number of hydrogen-bond acceptors (Lipinski definition) is 9. The van der Waals surface area contributed by atoms with E-state index in [1.54, 1.807) is 26.4 Å². The second-order valence-electron chi connectivity index (χ2n) is 16.2. The number of ether oxygens (including phenoxy) is 2. The Morgan fingerprint density at radius 2 is 0.885 bits per heavy atom. The van der Waals surface area contributed by atoms with Gasteiger partial charge in [-0.15, -0.1) is 0 Å². The minimum Gasteiger partial charge on any atom is -0.493 e. The van der Waals surface area contributed by atoms with Gasteiger partial charge in [0.25, 0.3) is 0 Å². The third-order valence-corrected chi connectivity index (χ3v) is 19.3. The van der Waals surface area contributed by atoms with Crippen LogP contribution < -0.4 is 20.7 Å². The molecule has 2 atom stereocenters. The van der Waals surface area contributed by atoms with Gasteiger partial charge >= 0.3 is 28.4 Å². The first kappa shape index (κ1) is 45.7. The number of rotatable bonds is 24.